The number of aliphatic imine (C=N–C) groups is 1. The molecule has 0 spiro atoms. The predicted octanol–water partition coefficient (Wildman–Crippen LogP) is 1.00. The molecule has 0 bridgehead atoms. The van der Waals surface area contributed by atoms with E-state index in [4.69, 9.17) is 0 Å². The summed E-state index contributed by atoms with van der Waals surface area (Å²) in [5.41, 5.74) is 1.61. The van der Waals surface area contributed by atoms with Gasteiger partial charge in [0.25, 0.3) is 5.91 Å². The second kappa shape index (κ2) is 12.9. The van der Waals surface area contributed by atoms with E-state index in [-0.39, 0.29) is 35.6 Å². The fourth-order valence-electron chi connectivity index (χ4n) is 2.01. The molecule has 0 fully saturated rings. The van der Waals surface area contributed by atoms with Crippen molar-refractivity contribution in [1.29, 1.82) is 0 Å². The van der Waals surface area contributed by atoms with Crippen molar-refractivity contribution in [2.24, 2.45) is 4.99 Å². The maximum Gasteiger partial charge on any atom is 0.253 e. The standard InChI is InChI=1S/C17H29N5O3S.HI/c1-5-18-17(19-11-12-21-26(24,25)6-2)20-13-14-7-9-15(10-8-14)16(23)22(3)4;/h7-10,21H,5-6,11-13H2,1-4H3,(H2,18,19,20);1H. The molecule has 0 aromatic heterocycles. The fourth-order valence-corrected chi connectivity index (χ4v) is 2.63. The van der Waals surface area contributed by atoms with Crippen molar-refractivity contribution in [3.8, 4) is 0 Å². The maximum absolute atomic E-state index is 11.9. The minimum absolute atomic E-state index is 0. The summed E-state index contributed by atoms with van der Waals surface area (Å²) < 4.78 is 25.3. The van der Waals surface area contributed by atoms with Gasteiger partial charge in [0.15, 0.2) is 5.96 Å². The Labute approximate surface area is 179 Å². The van der Waals surface area contributed by atoms with Crippen LogP contribution in [0.25, 0.3) is 0 Å². The molecule has 1 rings (SSSR count). The summed E-state index contributed by atoms with van der Waals surface area (Å²) in [6, 6.07) is 7.32. The summed E-state index contributed by atoms with van der Waals surface area (Å²) in [6.07, 6.45) is 0. The highest BCUT2D eigenvalue weighted by Crippen LogP contribution is 2.07. The van der Waals surface area contributed by atoms with Gasteiger partial charge in [-0.3, -0.25) is 4.79 Å². The summed E-state index contributed by atoms with van der Waals surface area (Å²) in [5.74, 6) is 0.634. The first-order chi connectivity index (χ1) is 12.3. The number of halogens is 1. The number of carbonyl (C=O) groups excluding carboxylic acids is 1. The molecule has 1 amide bonds. The zero-order valence-corrected chi connectivity index (χ0v) is 19.4. The first-order valence-corrected chi connectivity index (χ1v) is 10.2. The highest BCUT2D eigenvalue weighted by molar-refractivity contribution is 14.0. The first-order valence-electron chi connectivity index (χ1n) is 8.59. The van der Waals surface area contributed by atoms with Gasteiger partial charge in [0, 0.05) is 39.3 Å². The molecule has 0 unspecified atom stereocenters. The number of carbonyl (C=O) groups is 1. The monoisotopic (exact) mass is 511 g/mol. The van der Waals surface area contributed by atoms with Crippen molar-refractivity contribution in [3.05, 3.63) is 35.4 Å². The third-order valence-electron chi connectivity index (χ3n) is 3.49. The first kappa shape index (κ1) is 25.6. The number of benzene rings is 1. The van der Waals surface area contributed by atoms with Crippen molar-refractivity contribution in [3.63, 3.8) is 0 Å². The molecule has 3 N–H and O–H groups in total. The van der Waals surface area contributed by atoms with E-state index in [0.717, 1.165) is 5.56 Å². The average Bonchev–Trinajstić information content (AvgIpc) is 2.62. The van der Waals surface area contributed by atoms with Gasteiger partial charge in [-0.2, -0.15) is 0 Å². The molecule has 1 aromatic carbocycles. The number of rotatable bonds is 9. The lowest BCUT2D eigenvalue weighted by molar-refractivity contribution is 0.0827. The summed E-state index contributed by atoms with van der Waals surface area (Å²) in [6.45, 7) is 5.43. The average molecular weight is 511 g/mol. The number of sulfonamides is 1. The normalized spacial score (nSPS) is 11.5. The molecule has 27 heavy (non-hydrogen) atoms. The van der Waals surface area contributed by atoms with E-state index in [1.807, 2.05) is 19.1 Å². The van der Waals surface area contributed by atoms with Gasteiger partial charge in [0.2, 0.25) is 10.0 Å². The number of hydrogen-bond donors (Lipinski definition) is 3. The van der Waals surface area contributed by atoms with Crippen LogP contribution in [-0.4, -0.2) is 64.7 Å². The Kier molecular flexibility index (Phi) is 12.2. The lowest BCUT2D eigenvalue weighted by Crippen LogP contribution is -2.41. The van der Waals surface area contributed by atoms with Crippen LogP contribution in [0.3, 0.4) is 0 Å². The number of guanidine groups is 1. The van der Waals surface area contributed by atoms with Gasteiger partial charge in [-0.15, -0.1) is 24.0 Å². The topological polar surface area (TPSA) is 103 Å². The molecule has 0 aliphatic carbocycles. The molecule has 0 saturated heterocycles. The molecule has 0 saturated carbocycles. The van der Waals surface area contributed by atoms with E-state index in [0.29, 0.717) is 37.7 Å². The van der Waals surface area contributed by atoms with E-state index in [1.165, 1.54) is 4.90 Å². The molecular weight excluding hydrogens is 481 g/mol. The Morgan fingerprint density at radius 1 is 1.07 bits per heavy atom. The Bertz CT molecular complexity index is 706. The molecule has 0 aliphatic heterocycles. The molecule has 10 heteroatoms. The van der Waals surface area contributed by atoms with Crippen LogP contribution in [0.15, 0.2) is 29.3 Å². The van der Waals surface area contributed by atoms with Crippen LogP contribution in [0.2, 0.25) is 0 Å². The van der Waals surface area contributed by atoms with Gasteiger partial charge >= 0.3 is 0 Å². The van der Waals surface area contributed by atoms with Crippen molar-refractivity contribution in [2.75, 3.05) is 39.5 Å². The molecule has 1 aromatic rings. The van der Waals surface area contributed by atoms with Gasteiger partial charge in [-0.05, 0) is 31.5 Å². The lowest BCUT2D eigenvalue weighted by Gasteiger charge is -2.12. The maximum atomic E-state index is 11.9. The molecule has 8 nitrogen and oxygen atoms in total. The van der Waals surface area contributed by atoms with E-state index >= 15 is 0 Å². The van der Waals surface area contributed by atoms with Gasteiger partial charge in [0.05, 0.1) is 12.3 Å². The predicted molar refractivity (Wildman–Crippen MR) is 120 cm³/mol. The number of hydrogen-bond acceptors (Lipinski definition) is 4. The number of amides is 1. The van der Waals surface area contributed by atoms with Crippen LogP contribution in [-0.2, 0) is 16.6 Å². The van der Waals surface area contributed by atoms with Crippen LogP contribution in [0, 0.1) is 0 Å². The van der Waals surface area contributed by atoms with Gasteiger partial charge in [0.1, 0.15) is 0 Å². The van der Waals surface area contributed by atoms with Gasteiger partial charge in [-0.25, -0.2) is 18.1 Å². The molecule has 0 aliphatic rings. The third kappa shape index (κ3) is 9.91. The van der Waals surface area contributed by atoms with Crippen LogP contribution >= 0.6 is 24.0 Å². The smallest absolute Gasteiger partial charge is 0.253 e. The van der Waals surface area contributed by atoms with Crippen molar-refractivity contribution in [2.45, 2.75) is 20.4 Å². The van der Waals surface area contributed by atoms with Crippen molar-refractivity contribution in [1.82, 2.24) is 20.3 Å². The largest absolute Gasteiger partial charge is 0.357 e. The zero-order chi connectivity index (χ0) is 19.6. The lowest BCUT2D eigenvalue weighted by atomic mass is 10.1. The zero-order valence-electron chi connectivity index (χ0n) is 16.3. The van der Waals surface area contributed by atoms with Crippen LogP contribution in [0.1, 0.15) is 29.8 Å². The SMILES string of the molecule is CCNC(=NCc1ccc(C(=O)N(C)C)cc1)NCCNS(=O)(=O)CC.I. The van der Waals surface area contributed by atoms with E-state index in [2.05, 4.69) is 20.3 Å². The highest BCUT2D eigenvalue weighted by Gasteiger charge is 2.07. The second-order valence-corrected chi connectivity index (χ2v) is 7.91. The Balaban J connectivity index is 0.00000676. The molecule has 0 heterocycles. The molecule has 0 atom stereocenters. The summed E-state index contributed by atoms with van der Waals surface area (Å²) in [4.78, 5) is 17.9. The highest BCUT2D eigenvalue weighted by atomic mass is 127. The fraction of sp³-hybridized carbons (Fsp3) is 0.529. The van der Waals surface area contributed by atoms with Crippen molar-refractivity contribution >= 4 is 45.9 Å². The molecule has 0 radical (unpaired) electrons. The number of nitrogens with one attached hydrogen (secondary N) is 3. The Morgan fingerprint density at radius 2 is 1.70 bits per heavy atom. The van der Waals surface area contributed by atoms with E-state index in [1.54, 1.807) is 33.2 Å². The van der Waals surface area contributed by atoms with Crippen LogP contribution in [0.4, 0.5) is 0 Å². The van der Waals surface area contributed by atoms with Crippen molar-refractivity contribution < 1.29 is 13.2 Å². The third-order valence-corrected chi connectivity index (χ3v) is 4.89. The second-order valence-electron chi connectivity index (χ2n) is 5.82. The molecular formula is C17H30IN5O3S. The van der Waals surface area contributed by atoms with Crippen LogP contribution in [0.5, 0.6) is 0 Å². The molecule has 154 valence electrons. The van der Waals surface area contributed by atoms with Gasteiger partial charge < -0.3 is 15.5 Å². The van der Waals surface area contributed by atoms with Gasteiger partial charge in [-0.1, -0.05) is 12.1 Å². The number of nitrogens with zero attached hydrogens (tertiary/aromatic N) is 2. The minimum Gasteiger partial charge on any atom is -0.357 e. The Morgan fingerprint density at radius 3 is 2.22 bits per heavy atom. The van der Waals surface area contributed by atoms with E-state index < -0.39 is 10.0 Å². The summed E-state index contributed by atoms with van der Waals surface area (Å²) in [7, 11) is 0.252. The quantitative estimate of drug-likeness (QED) is 0.199. The summed E-state index contributed by atoms with van der Waals surface area (Å²) in [5, 5.41) is 6.19. The Hall–Kier alpha value is -1.40. The summed E-state index contributed by atoms with van der Waals surface area (Å²) >= 11 is 0. The minimum atomic E-state index is -3.18. The van der Waals surface area contributed by atoms with Crippen LogP contribution < -0.4 is 15.4 Å². The van der Waals surface area contributed by atoms with E-state index in [9.17, 15) is 13.2 Å².